The van der Waals surface area contributed by atoms with Crippen LogP contribution in [0.4, 0.5) is 0 Å². The molecule has 1 unspecified atom stereocenters. The zero-order chi connectivity index (χ0) is 6.41. The molecule has 0 aliphatic carbocycles. The van der Waals surface area contributed by atoms with Gasteiger partial charge in [0.15, 0.2) is 0 Å². The lowest BCUT2D eigenvalue weighted by molar-refractivity contribution is 0.0731. The first-order chi connectivity index (χ1) is 3.85. The number of nitrogens with one attached hydrogen (secondary N) is 1. The van der Waals surface area contributed by atoms with Crippen LogP contribution in [0.2, 0.25) is 0 Å². The topological polar surface area (TPSA) is 21.3 Å². The van der Waals surface area contributed by atoms with Gasteiger partial charge in [0.1, 0.15) is 6.23 Å². The molecular weight excluding hydrogens is 102 g/mol. The molecule has 50 valence electrons. The van der Waals surface area contributed by atoms with Gasteiger partial charge in [-0.3, -0.25) is 5.32 Å². The normalized spacial score (nSPS) is 13.9. The van der Waals surface area contributed by atoms with Crippen molar-refractivity contribution in [2.24, 2.45) is 0 Å². The summed E-state index contributed by atoms with van der Waals surface area (Å²) in [5.74, 6) is 0. The van der Waals surface area contributed by atoms with Gasteiger partial charge < -0.3 is 4.74 Å². The molecule has 0 aliphatic heterocycles. The number of hydrogen-bond acceptors (Lipinski definition) is 2. The average Bonchev–Trinajstić information content (AvgIpc) is 1.83. The Morgan fingerprint density at radius 3 is 2.38 bits per heavy atom. The number of rotatable bonds is 4. The summed E-state index contributed by atoms with van der Waals surface area (Å²) in [6.45, 7) is 2.14. The molecule has 0 aromatic heterocycles. The first kappa shape index (κ1) is 7.92. The zero-order valence-electron chi connectivity index (χ0n) is 5.90. The molecule has 2 nitrogen and oxygen atoms in total. The van der Waals surface area contributed by atoms with Crippen LogP contribution in [0.25, 0.3) is 0 Å². The molecule has 0 aromatic rings. The van der Waals surface area contributed by atoms with E-state index in [9.17, 15) is 0 Å². The smallest absolute Gasteiger partial charge is 0.107 e. The standard InChI is InChI=1S/C6H15NO/c1-4-5-6(7-2)8-3/h6-7H,4-5H2,1-3H3. The van der Waals surface area contributed by atoms with Crippen LogP contribution in [0.3, 0.4) is 0 Å². The number of methoxy groups -OCH3 is 1. The lowest BCUT2D eigenvalue weighted by atomic mass is 10.3. The highest BCUT2D eigenvalue weighted by Crippen LogP contribution is 1.94. The summed E-state index contributed by atoms with van der Waals surface area (Å²) < 4.78 is 5.03. The molecule has 0 radical (unpaired) electrons. The van der Waals surface area contributed by atoms with E-state index in [0.717, 1.165) is 6.42 Å². The van der Waals surface area contributed by atoms with E-state index in [4.69, 9.17) is 4.74 Å². The Labute approximate surface area is 51.2 Å². The molecule has 0 heterocycles. The third-order valence-electron chi connectivity index (χ3n) is 1.16. The largest absolute Gasteiger partial charge is 0.367 e. The van der Waals surface area contributed by atoms with Crippen molar-refractivity contribution in [2.75, 3.05) is 14.2 Å². The highest BCUT2D eigenvalue weighted by molar-refractivity contribution is 4.47. The molecule has 1 atom stereocenters. The van der Waals surface area contributed by atoms with Crippen molar-refractivity contribution >= 4 is 0 Å². The monoisotopic (exact) mass is 117 g/mol. The van der Waals surface area contributed by atoms with Crippen LogP contribution in [-0.2, 0) is 4.74 Å². The van der Waals surface area contributed by atoms with Gasteiger partial charge in [-0.25, -0.2) is 0 Å². The first-order valence-electron chi connectivity index (χ1n) is 3.05. The van der Waals surface area contributed by atoms with Gasteiger partial charge in [-0.05, 0) is 13.5 Å². The Morgan fingerprint density at radius 2 is 2.25 bits per heavy atom. The van der Waals surface area contributed by atoms with E-state index in [-0.39, 0.29) is 6.23 Å². The molecule has 0 saturated carbocycles. The summed E-state index contributed by atoms with van der Waals surface area (Å²) in [7, 11) is 3.63. The van der Waals surface area contributed by atoms with Gasteiger partial charge in [0.05, 0.1) is 0 Å². The Bertz CT molecular complexity index is 43.8. The Balaban J connectivity index is 3.07. The van der Waals surface area contributed by atoms with Gasteiger partial charge in [-0.1, -0.05) is 13.3 Å². The number of hydrogen-bond donors (Lipinski definition) is 1. The first-order valence-corrected chi connectivity index (χ1v) is 3.05. The second-order valence-electron chi connectivity index (χ2n) is 1.80. The summed E-state index contributed by atoms with van der Waals surface area (Å²) in [5.41, 5.74) is 0. The predicted octanol–water partition coefficient (Wildman–Crippen LogP) is 0.978. The maximum Gasteiger partial charge on any atom is 0.107 e. The molecule has 0 saturated heterocycles. The highest BCUT2D eigenvalue weighted by Gasteiger charge is 1.98. The minimum absolute atomic E-state index is 0.250. The van der Waals surface area contributed by atoms with E-state index in [2.05, 4.69) is 12.2 Å². The second-order valence-corrected chi connectivity index (χ2v) is 1.80. The molecule has 0 aliphatic rings. The van der Waals surface area contributed by atoms with Gasteiger partial charge in [0.25, 0.3) is 0 Å². The van der Waals surface area contributed by atoms with E-state index in [1.165, 1.54) is 6.42 Å². The highest BCUT2D eigenvalue weighted by atomic mass is 16.5. The summed E-state index contributed by atoms with van der Waals surface area (Å²) in [6.07, 6.45) is 2.51. The fourth-order valence-electron chi connectivity index (χ4n) is 0.642. The molecule has 1 N–H and O–H groups in total. The molecule has 0 spiro atoms. The Morgan fingerprint density at radius 1 is 1.62 bits per heavy atom. The van der Waals surface area contributed by atoms with Crippen molar-refractivity contribution in [3.63, 3.8) is 0 Å². The summed E-state index contributed by atoms with van der Waals surface area (Å²) >= 11 is 0. The number of ether oxygens (including phenoxy) is 1. The molecule has 0 fully saturated rings. The fourth-order valence-corrected chi connectivity index (χ4v) is 0.642. The van der Waals surface area contributed by atoms with Crippen molar-refractivity contribution in [3.05, 3.63) is 0 Å². The third kappa shape index (κ3) is 2.99. The van der Waals surface area contributed by atoms with E-state index in [1.807, 2.05) is 7.05 Å². The SMILES string of the molecule is CCCC(NC)OC. The van der Waals surface area contributed by atoms with Gasteiger partial charge in [0.2, 0.25) is 0 Å². The maximum absolute atomic E-state index is 5.03. The van der Waals surface area contributed by atoms with Crippen molar-refractivity contribution in [1.29, 1.82) is 0 Å². The van der Waals surface area contributed by atoms with Crippen molar-refractivity contribution in [1.82, 2.24) is 5.32 Å². The van der Waals surface area contributed by atoms with Crippen molar-refractivity contribution < 1.29 is 4.74 Å². The predicted molar refractivity (Wildman–Crippen MR) is 34.8 cm³/mol. The lowest BCUT2D eigenvalue weighted by Gasteiger charge is -2.11. The maximum atomic E-state index is 5.03. The third-order valence-corrected chi connectivity index (χ3v) is 1.16. The van der Waals surface area contributed by atoms with E-state index in [0.29, 0.717) is 0 Å². The van der Waals surface area contributed by atoms with Crippen LogP contribution >= 0.6 is 0 Å². The van der Waals surface area contributed by atoms with Crippen LogP contribution < -0.4 is 5.32 Å². The minimum atomic E-state index is 0.250. The minimum Gasteiger partial charge on any atom is -0.367 e. The quantitative estimate of drug-likeness (QED) is 0.554. The molecule has 2 heteroatoms. The van der Waals surface area contributed by atoms with Crippen LogP contribution in [0.1, 0.15) is 19.8 Å². The van der Waals surface area contributed by atoms with E-state index in [1.54, 1.807) is 7.11 Å². The Hall–Kier alpha value is -0.0800. The molecule has 0 aromatic carbocycles. The van der Waals surface area contributed by atoms with E-state index >= 15 is 0 Å². The average molecular weight is 117 g/mol. The van der Waals surface area contributed by atoms with Gasteiger partial charge in [-0.15, -0.1) is 0 Å². The van der Waals surface area contributed by atoms with Gasteiger partial charge in [-0.2, -0.15) is 0 Å². The Kier molecular flexibility index (Phi) is 5.01. The van der Waals surface area contributed by atoms with Crippen LogP contribution in [0.5, 0.6) is 0 Å². The molecule has 8 heavy (non-hydrogen) atoms. The van der Waals surface area contributed by atoms with Gasteiger partial charge >= 0.3 is 0 Å². The van der Waals surface area contributed by atoms with E-state index < -0.39 is 0 Å². The van der Waals surface area contributed by atoms with Crippen LogP contribution in [-0.4, -0.2) is 20.4 Å². The summed E-state index contributed by atoms with van der Waals surface area (Å²) in [5, 5.41) is 3.03. The van der Waals surface area contributed by atoms with Crippen molar-refractivity contribution in [3.8, 4) is 0 Å². The molecular formula is C6H15NO. The molecule has 0 rings (SSSR count). The van der Waals surface area contributed by atoms with Gasteiger partial charge in [0, 0.05) is 7.11 Å². The second kappa shape index (κ2) is 5.06. The van der Waals surface area contributed by atoms with Crippen molar-refractivity contribution in [2.45, 2.75) is 26.0 Å². The molecule has 0 bridgehead atoms. The molecule has 0 amide bonds. The fraction of sp³-hybridized carbons (Fsp3) is 1.00. The lowest BCUT2D eigenvalue weighted by Crippen LogP contribution is -2.26. The van der Waals surface area contributed by atoms with Crippen LogP contribution in [0.15, 0.2) is 0 Å². The zero-order valence-corrected chi connectivity index (χ0v) is 5.90. The summed E-state index contributed by atoms with van der Waals surface area (Å²) in [6, 6.07) is 0. The summed E-state index contributed by atoms with van der Waals surface area (Å²) in [4.78, 5) is 0. The van der Waals surface area contributed by atoms with Crippen LogP contribution in [0, 0.1) is 0 Å².